The lowest BCUT2D eigenvalue weighted by molar-refractivity contribution is -0.141. The van der Waals surface area contributed by atoms with Gasteiger partial charge in [0, 0.05) is 31.5 Å². The summed E-state index contributed by atoms with van der Waals surface area (Å²) in [5, 5.41) is 3.35. The first-order valence-corrected chi connectivity index (χ1v) is 11.7. The summed E-state index contributed by atoms with van der Waals surface area (Å²) in [6.45, 7) is 2.44. The van der Waals surface area contributed by atoms with Crippen LogP contribution in [0.4, 0.5) is 0 Å². The first kappa shape index (κ1) is 24.5. The van der Waals surface area contributed by atoms with Crippen LogP contribution in [0.25, 0.3) is 0 Å². The van der Waals surface area contributed by atoms with Crippen LogP contribution in [-0.4, -0.2) is 29.8 Å². The van der Waals surface area contributed by atoms with Crippen LogP contribution in [0.1, 0.15) is 35.6 Å². The highest BCUT2D eigenvalue weighted by molar-refractivity contribution is 6.30. The number of hydrogen-bond acceptors (Lipinski definition) is 2. The van der Waals surface area contributed by atoms with Crippen molar-refractivity contribution in [3.8, 4) is 0 Å². The van der Waals surface area contributed by atoms with Crippen LogP contribution in [0, 0.1) is 0 Å². The molecular formula is C28H31ClN2O2. The van der Waals surface area contributed by atoms with Crippen molar-refractivity contribution >= 4 is 23.4 Å². The molecule has 1 atom stereocenters. The van der Waals surface area contributed by atoms with E-state index in [9.17, 15) is 9.59 Å². The molecule has 3 aromatic rings. The summed E-state index contributed by atoms with van der Waals surface area (Å²) in [6.07, 6.45) is 2.38. The molecule has 5 heteroatoms. The van der Waals surface area contributed by atoms with Gasteiger partial charge in [0.2, 0.25) is 11.8 Å². The van der Waals surface area contributed by atoms with E-state index >= 15 is 0 Å². The number of aryl methyl sites for hydroxylation is 2. The van der Waals surface area contributed by atoms with Crippen LogP contribution in [0.3, 0.4) is 0 Å². The van der Waals surface area contributed by atoms with E-state index < -0.39 is 6.04 Å². The van der Waals surface area contributed by atoms with Crippen molar-refractivity contribution < 1.29 is 9.59 Å². The molecule has 0 saturated heterocycles. The topological polar surface area (TPSA) is 49.4 Å². The van der Waals surface area contributed by atoms with E-state index in [2.05, 4.69) is 36.5 Å². The highest BCUT2D eigenvalue weighted by Gasteiger charge is 2.29. The molecule has 0 fully saturated rings. The fraction of sp³-hybridized carbons (Fsp3) is 0.286. The van der Waals surface area contributed by atoms with Gasteiger partial charge in [-0.3, -0.25) is 9.59 Å². The summed E-state index contributed by atoms with van der Waals surface area (Å²) in [5.41, 5.74) is 4.29. The third kappa shape index (κ3) is 7.19. The minimum absolute atomic E-state index is 0.0564. The van der Waals surface area contributed by atoms with E-state index in [1.807, 2.05) is 48.5 Å². The largest absolute Gasteiger partial charge is 0.357 e. The summed E-state index contributed by atoms with van der Waals surface area (Å²) in [6, 6.07) is 25.0. The number of likely N-dealkylation sites (N-methyl/N-ethyl adjacent to an activating group) is 1. The Hall–Kier alpha value is -3.11. The molecule has 0 aliphatic rings. The van der Waals surface area contributed by atoms with E-state index in [1.54, 1.807) is 18.0 Å². The van der Waals surface area contributed by atoms with Gasteiger partial charge in [0.25, 0.3) is 0 Å². The van der Waals surface area contributed by atoms with Gasteiger partial charge in [0.05, 0.1) is 0 Å². The fourth-order valence-electron chi connectivity index (χ4n) is 3.89. The van der Waals surface area contributed by atoms with Crippen molar-refractivity contribution in [2.75, 3.05) is 7.05 Å². The van der Waals surface area contributed by atoms with Crippen molar-refractivity contribution in [1.82, 2.24) is 10.2 Å². The summed E-state index contributed by atoms with van der Waals surface area (Å²) in [4.78, 5) is 28.1. The van der Waals surface area contributed by atoms with Crippen molar-refractivity contribution in [1.29, 1.82) is 0 Å². The summed E-state index contributed by atoms with van der Waals surface area (Å²) in [7, 11) is 1.61. The Labute approximate surface area is 201 Å². The average molecular weight is 463 g/mol. The van der Waals surface area contributed by atoms with Crippen molar-refractivity contribution in [3.05, 3.63) is 106 Å². The van der Waals surface area contributed by atoms with Gasteiger partial charge >= 0.3 is 0 Å². The predicted molar refractivity (Wildman–Crippen MR) is 134 cm³/mol. The van der Waals surface area contributed by atoms with Crippen LogP contribution in [0.2, 0.25) is 5.02 Å². The monoisotopic (exact) mass is 462 g/mol. The molecule has 0 aliphatic heterocycles. The Morgan fingerprint density at radius 3 is 2.18 bits per heavy atom. The second-order valence-electron chi connectivity index (χ2n) is 8.14. The van der Waals surface area contributed by atoms with Crippen LogP contribution < -0.4 is 5.32 Å². The van der Waals surface area contributed by atoms with Gasteiger partial charge in [-0.25, -0.2) is 0 Å². The SMILES string of the molecule is CCc1ccc(CCC(=O)N(Cc2cccc(Cl)c2)[C@H](Cc2ccccc2)C(=O)NC)cc1. The maximum atomic E-state index is 13.5. The van der Waals surface area contributed by atoms with Gasteiger partial charge in [0.1, 0.15) is 6.04 Å². The van der Waals surface area contributed by atoms with Crippen molar-refractivity contribution in [3.63, 3.8) is 0 Å². The highest BCUT2D eigenvalue weighted by atomic mass is 35.5. The third-order valence-electron chi connectivity index (χ3n) is 5.82. The molecule has 0 bridgehead atoms. The number of hydrogen-bond donors (Lipinski definition) is 1. The van der Waals surface area contributed by atoms with Crippen LogP contribution in [0.5, 0.6) is 0 Å². The zero-order valence-electron chi connectivity index (χ0n) is 19.3. The molecule has 0 unspecified atom stereocenters. The number of rotatable bonds is 10. The Morgan fingerprint density at radius 1 is 0.879 bits per heavy atom. The van der Waals surface area contributed by atoms with Crippen molar-refractivity contribution in [2.45, 2.75) is 45.2 Å². The third-order valence-corrected chi connectivity index (χ3v) is 6.05. The predicted octanol–water partition coefficient (Wildman–Crippen LogP) is 5.22. The molecule has 0 heterocycles. The zero-order chi connectivity index (χ0) is 23.6. The Balaban J connectivity index is 1.85. The Kier molecular flexibility index (Phi) is 9.08. The van der Waals surface area contributed by atoms with Crippen molar-refractivity contribution in [2.24, 2.45) is 0 Å². The number of halogens is 1. The summed E-state index contributed by atoms with van der Waals surface area (Å²) >= 11 is 6.19. The molecular weight excluding hydrogens is 432 g/mol. The van der Waals surface area contributed by atoms with Crippen LogP contribution >= 0.6 is 11.6 Å². The van der Waals surface area contributed by atoms with E-state index in [0.717, 1.165) is 23.1 Å². The van der Waals surface area contributed by atoms with Gasteiger partial charge in [0.15, 0.2) is 0 Å². The van der Waals surface area contributed by atoms with E-state index in [4.69, 9.17) is 11.6 Å². The average Bonchev–Trinajstić information content (AvgIpc) is 2.85. The van der Waals surface area contributed by atoms with Gasteiger partial charge in [-0.2, -0.15) is 0 Å². The molecule has 1 N–H and O–H groups in total. The molecule has 4 nitrogen and oxygen atoms in total. The standard InChI is InChI=1S/C28H31ClN2O2/c1-3-21-12-14-22(15-13-21)16-17-27(32)31(20-24-10-7-11-25(29)18-24)26(28(33)30-2)19-23-8-5-4-6-9-23/h4-15,18,26H,3,16-17,19-20H2,1-2H3,(H,30,33)/t26-/m1/s1. The lowest BCUT2D eigenvalue weighted by Gasteiger charge is -2.31. The second-order valence-corrected chi connectivity index (χ2v) is 8.58. The lowest BCUT2D eigenvalue weighted by atomic mass is 10.0. The zero-order valence-corrected chi connectivity index (χ0v) is 20.0. The van der Waals surface area contributed by atoms with Gasteiger partial charge in [-0.15, -0.1) is 0 Å². The van der Waals surface area contributed by atoms with Crippen LogP contribution in [-0.2, 0) is 35.4 Å². The van der Waals surface area contributed by atoms with Crippen LogP contribution in [0.15, 0.2) is 78.9 Å². The first-order chi connectivity index (χ1) is 16.0. The molecule has 3 rings (SSSR count). The fourth-order valence-corrected chi connectivity index (χ4v) is 4.10. The smallest absolute Gasteiger partial charge is 0.242 e. The number of carbonyl (C=O) groups excluding carboxylic acids is 2. The molecule has 2 amide bonds. The maximum Gasteiger partial charge on any atom is 0.242 e. The Morgan fingerprint density at radius 2 is 1.55 bits per heavy atom. The first-order valence-electron chi connectivity index (χ1n) is 11.4. The minimum atomic E-state index is -0.619. The van der Waals surface area contributed by atoms with Gasteiger partial charge < -0.3 is 10.2 Å². The number of carbonyl (C=O) groups is 2. The second kappa shape index (κ2) is 12.2. The summed E-state index contributed by atoms with van der Waals surface area (Å²) < 4.78 is 0. The molecule has 0 saturated carbocycles. The lowest BCUT2D eigenvalue weighted by Crippen LogP contribution is -2.49. The molecule has 0 radical (unpaired) electrons. The van der Waals surface area contributed by atoms with E-state index in [-0.39, 0.29) is 11.8 Å². The Bertz CT molecular complexity index is 1050. The highest BCUT2D eigenvalue weighted by Crippen LogP contribution is 2.19. The summed E-state index contributed by atoms with van der Waals surface area (Å²) in [5.74, 6) is -0.236. The number of nitrogens with one attached hydrogen (secondary N) is 1. The van der Waals surface area contributed by atoms with E-state index in [0.29, 0.717) is 30.8 Å². The minimum Gasteiger partial charge on any atom is -0.357 e. The quantitative estimate of drug-likeness (QED) is 0.449. The number of amides is 2. The molecule has 0 aromatic heterocycles. The molecule has 172 valence electrons. The molecule has 33 heavy (non-hydrogen) atoms. The number of nitrogens with zero attached hydrogens (tertiary/aromatic N) is 1. The molecule has 3 aromatic carbocycles. The van der Waals surface area contributed by atoms with E-state index in [1.165, 1.54) is 5.56 Å². The molecule has 0 spiro atoms. The van der Waals surface area contributed by atoms with Gasteiger partial charge in [-0.05, 0) is 47.2 Å². The van der Waals surface area contributed by atoms with Gasteiger partial charge in [-0.1, -0.05) is 85.3 Å². The number of benzene rings is 3. The molecule has 0 aliphatic carbocycles. The maximum absolute atomic E-state index is 13.5. The normalized spacial score (nSPS) is 11.6.